The molecule has 0 aliphatic carbocycles. The van der Waals surface area contributed by atoms with E-state index in [9.17, 15) is 22.8 Å². The fraction of sp³-hybridized carbons (Fsp3) is 0.250. The number of carbonyl (C=O) groups is 2. The fourth-order valence-corrected chi connectivity index (χ4v) is 3.06. The largest absolute Gasteiger partial charge is 0.481 e. The molecule has 1 heterocycles. The Kier molecular flexibility index (Phi) is 5.17. The molecule has 128 valence electrons. The van der Waals surface area contributed by atoms with E-state index in [1.807, 2.05) is 0 Å². The van der Waals surface area contributed by atoms with Gasteiger partial charge in [-0.2, -0.15) is 13.2 Å². The van der Waals surface area contributed by atoms with Gasteiger partial charge in [-0.3, -0.25) is 9.59 Å². The lowest BCUT2D eigenvalue weighted by molar-refractivity contribution is -0.138. The zero-order valence-corrected chi connectivity index (χ0v) is 14.1. The first-order chi connectivity index (χ1) is 11.1. The van der Waals surface area contributed by atoms with Crippen LogP contribution in [-0.2, 0) is 23.9 Å². The van der Waals surface area contributed by atoms with Crippen LogP contribution in [0, 0.1) is 0 Å². The predicted molar refractivity (Wildman–Crippen MR) is 84.0 cm³/mol. The van der Waals surface area contributed by atoms with Crippen LogP contribution in [0.1, 0.15) is 34.2 Å². The van der Waals surface area contributed by atoms with Gasteiger partial charge in [-0.1, -0.05) is 12.1 Å². The number of benzene rings is 1. The maximum Gasteiger partial charge on any atom is 0.416 e. The number of alkyl halides is 3. The van der Waals surface area contributed by atoms with Gasteiger partial charge in [0.05, 0.1) is 12.0 Å². The van der Waals surface area contributed by atoms with Gasteiger partial charge in [0.25, 0.3) is 0 Å². The Balaban J connectivity index is 2.43. The minimum Gasteiger partial charge on any atom is -0.481 e. The number of aromatic nitrogens is 1. The van der Waals surface area contributed by atoms with Gasteiger partial charge >= 0.3 is 12.1 Å². The highest BCUT2D eigenvalue weighted by atomic mass is 79.9. The summed E-state index contributed by atoms with van der Waals surface area (Å²) >= 11 is 3.23. The summed E-state index contributed by atoms with van der Waals surface area (Å²) in [5, 5.41) is 8.93. The molecule has 1 aromatic carbocycles. The van der Waals surface area contributed by atoms with Gasteiger partial charge in [0, 0.05) is 22.3 Å². The van der Waals surface area contributed by atoms with Gasteiger partial charge in [-0.05, 0) is 41.1 Å². The molecule has 0 atom stereocenters. The number of carboxylic acid groups (broad SMARTS) is 1. The smallest absolute Gasteiger partial charge is 0.416 e. The monoisotopic (exact) mass is 403 g/mol. The number of hydrogen-bond acceptors (Lipinski definition) is 2. The summed E-state index contributed by atoms with van der Waals surface area (Å²) in [5.74, 6) is -1.52. The van der Waals surface area contributed by atoms with E-state index in [1.165, 1.54) is 10.6 Å². The standard InChI is InChI=1S/C16H13BrF3NO3/c1-2-21-11(8-13(22)23)7-12(17)14(21)15(24)9-3-5-10(6-4-9)16(18,19)20/h3-7H,2,8H2,1H3,(H,22,23). The Labute approximate surface area is 144 Å². The van der Waals surface area contributed by atoms with Crippen LogP contribution in [-0.4, -0.2) is 21.4 Å². The van der Waals surface area contributed by atoms with Gasteiger partial charge < -0.3 is 9.67 Å². The summed E-state index contributed by atoms with van der Waals surface area (Å²) < 4.78 is 39.7. The highest BCUT2D eigenvalue weighted by molar-refractivity contribution is 9.10. The summed E-state index contributed by atoms with van der Waals surface area (Å²) in [6, 6.07) is 5.45. The molecule has 0 saturated heterocycles. The zero-order chi connectivity index (χ0) is 18.1. The number of rotatable bonds is 5. The first kappa shape index (κ1) is 18.3. The highest BCUT2D eigenvalue weighted by Gasteiger charge is 2.30. The molecule has 0 aliphatic heterocycles. The minimum absolute atomic E-state index is 0.0957. The molecule has 8 heteroatoms. The Hall–Kier alpha value is -2.09. The molecule has 1 N–H and O–H groups in total. The second kappa shape index (κ2) is 6.80. The number of hydrogen-bond donors (Lipinski definition) is 1. The number of carboxylic acids is 1. The molecule has 4 nitrogen and oxygen atoms in total. The Morgan fingerprint density at radius 2 is 1.79 bits per heavy atom. The third kappa shape index (κ3) is 3.69. The summed E-state index contributed by atoms with van der Waals surface area (Å²) in [6.45, 7) is 2.11. The molecular formula is C16H13BrF3NO3. The van der Waals surface area contributed by atoms with Crippen molar-refractivity contribution in [1.29, 1.82) is 0 Å². The van der Waals surface area contributed by atoms with Crippen LogP contribution < -0.4 is 0 Å². The molecule has 0 spiro atoms. The number of halogens is 4. The van der Waals surface area contributed by atoms with Gasteiger partial charge in [0.2, 0.25) is 5.78 Å². The Bertz CT molecular complexity index is 779. The summed E-state index contributed by atoms with van der Waals surface area (Å²) in [5.41, 5.74) is -0.0884. The van der Waals surface area contributed by atoms with Crippen molar-refractivity contribution in [3.63, 3.8) is 0 Å². The van der Waals surface area contributed by atoms with Crippen molar-refractivity contribution >= 4 is 27.7 Å². The van der Waals surface area contributed by atoms with Crippen molar-refractivity contribution < 1.29 is 27.9 Å². The number of aliphatic carboxylic acids is 1. The lowest BCUT2D eigenvalue weighted by Crippen LogP contribution is -2.14. The molecule has 0 radical (unpaired) electrons. The number of nitrogens with zero attached hydrogens (tertiary/aromatic N) is 1. The summed E-state index contributed by atoms with van der Waals surface area (Å²) in [6.07, 6.45) is -4.73. The average Bonchev–Trinajstić information content (AvgIpc) is 2.80. The molecule has 0 aliphatic rings. The Morgan fingerprint density at radius 1 is 1.21 bits per heavy atom. The van der Waals surface area contributed by atoms with E-state index in [0.717, 1.165) is 24.3 Å². The molecule has 0 amide bonds. The van der Waals surface area contributed by atoms with E-state index in [0.29, 0.717) is 16.7 Å². The first-order valence-electron chi connectivity index (χ1n) is 6.96. The van der Waals surface area contributed by atoms with Crippen LogP contribution in [0.2, 0.25) is 0 Å². The molecule has 0 bridgehead atoms. The number of ketones is 1. The average molecular weight is 404 g/mol. The van der Waals surface area contributed by atoms with Crippen LogP contribution in [0.25, 0.3) is 0 Å². The molecule has 2 rings (SSSR count). The molecule has 1 aromatic heterocycles. The molecule has 0 fully saturated rings. The van der Waals surface area contributed by atoms with Crippen molar-refractivity contribution in [3.05, 3.63) is 57.3 Å². The molecule has 0 saturated carbocycles. The van der Waals surface area contributed by atoms with Gasteiger partial charge in [-0.15, -0.1) is 0 Å². The third-order valence-corrected chi connectivity index (χ3v) is 4.08. The highest BCUT2D eigenvalue weighted by Crippen LogP contribution is 2.30. The topological polar surface area (TPSA) is 59.3 Å². The summed E-state index contributed by atoms with van der Waals surface area (Å²) in [4.78, 5) is 23.5. The van der Waals surface area contributed by atoms with Crippen molar-refractivity contribution in [2.24, 2.45) is 0 Å². The van der Waals surface area contributed by atoms with Crippen LogP contribution >= 0.6 is 15.9 Å². The lowest BCUT2D eigenvalue weighted by atomic mass is 10.1. The molecule has 24 heavy (non-hydrogen) atoms. The Morgan fingerprint density at radius 3 is 2.25 bits per heavy atom. The quantitative estimate of drug-likeness (QED) is 0.762. The SMILES string of the molecule is CCn1c(CC(=O)O)cc(Br)c1C(=O)c1ccc(C(F)(F)F)cc1. The van der Waals surface area contributed by atoms with Crippen molar-refractivity contribution in [3.8, 4) is 0 Å². The third-order valence-electron chi connectivity index (χ3n) is 3.47. The van der Waals surface area contributed by atoms with Gasteiger partial charge in [0.15, 0.2) is 0 Å². The summed E-state index contributed by atoms with van der Waals surface area (Å²) in [7, 11) is 0. The van der Waals surface area contributed by atoms with E-state index in [-0.39, 0.29) is 17.7 Å². The zero-order valence-electron chi connectivity index (χ0n) is 12.5. The van der Waals surface area contributed by atoms with Crippen molar-refractivity contribution in [2.45, 2.75) is 26.1 Å². The van der Waals surface area contributed by atoms with E-state index in [1.54, 1.807) is 6.92 Å². The van der Waals surface area contributed by atoms with E-state index >= 15 is 0 Å². The molecule has 2 aromatic rings. The van der Waals surface area contributed by atoms with E-state index in [2.05, 4.69) is 15.9 Å². The second-order valence-corrected chi connectivity index (χ2v) is 5.91. The van der Waals surface area contributed by atoms with Crippen LogP contribution in [0.3, 0.4) is 0 Å². The van der Waals surface area contributed by atoms with Crippen LogP contribution in [0.15, 0.2) is 34.8 Å². The van der Waals surface area contributed by atoms with Crippen molar-refractivity contribution in [1.82, 2.24) is 4.57 Å². The van der Waals surface area contributed by atoms with Gasteiger partial charge in [-0.25, -0.2) is 0 Å². The lowest BCUT2D eigenvalue weighted by Gasteiger charge is -2.11. The maximum atomic E-state index is 12.6. The first-order valence-corrected chi connectivity index (χ1v) is 7.76. The molecular weight excluding hydrogens is 391 g/mol. The predicted octanol–water partition coefficient (Wildman–Crippen LogP) is 4.15. The maximum absolute atomic E-state index is 12.6. The van der Waals surface area contributed by atoms with E-state index < -0.39 is 23.5 Å². The van der Waals surface area contributed by atoms with Crippen molar-refractivity contribution in [2.75, 3.05) is 0 Å². The van der Waals surface area contributed by atoms with Gasteiger partial charge in [0.1, 0.15) is 5.69 Å². The normalized spacial score (nSPS) is 11.5. The van der Waals surface area contributed by atoms with Crippen LogP contribution in [0.5, 0.6) is 0 Å². The minimum atomic E-state index is -4.47. The van der Waals surface area contributed by atoms with Crippen LogP contribution in [0.4, 0.5) is 13.2 Å². The number of carbonyl (C=O) groups excluding carboxylic acids is 1. The van der Waals surface area contributed by atoms with E-state index in [4.69, 9.17) is 5.11 Å². The second-order valence-electron chi connectivity index (χ2n) is 5.05. The molecule has 0 unspecified atom stereocenters. The fourth-order valence-electron chi connectivity index (χ4n) is 2.41.